The van der Waals surface area contributed by atoms with Gasteiger partial charge in [0.2, 0.25) is 0 Å². The number of nitrogens with zero attached hydrogens (tertiary/aromatic N) is 1. The predicted octanol–water partition coefficient (Wildman–Crippen LogP) is 2.50. The number of nitrogens with two attached hydrogens (primary N) is 1. The van der Waals surface area contributed by atoms with Gasteiger partial charge < -0.3 is 10.6 Å². The van der Waals surface area contributed by atoms with Crippen molar-refractivity contribution < 1.29 is 8.42 Å². The summed E-state index contributed by atoms with van der Waals surface area (Å²) in [6.07, 6.45) is 1.41. The minimum Gasteiger partial charge on any atom is -0.324 e. The molecule has 1 aromatic rings. The van der Waals surface area contributed by atoms with Crippen LogP contribution in [0.5, 0.6) is 0 Å². The van der Waals surface area contributed by atoms with Gasteiger partial charge in [-0.05, 0) is 37.6 Å². The van der Waals surface area contributed by atoms with Crippen molar-refractivity contribution >= 4 is 33.0 Å². The van der Waals surface area contributed by atoms with Crippen LogP contribution < -0.4 is 5.73 Å². The van der Waals surface area contributed by atoms with Crippen molar-refractivity contribution in [2.45, 2.75) is 18.9 Å². The predicted molar refractivity (Wildman–Crippen MR) is 87.7 cm³/mol. The lowest BCUT2D eigenvalue weighted by Crippen LogP contribution is -2.30. The van der Waals surface area contributed by atoms with E-state index in [1.807, 2.05) is 12.1 Å². The van der Waals surface area contributed by atoms with E-state index in [9.17, 15) is 8.42 Å². The minimum absolute atomic E-state index is 0.198. The molecule has 0 aliphatic carbocycles. The van der Waals surface area contributed by atoms with E-state index in [0.717, 1.165) is 25.1 Å². The maximum atomic E-state index is 11.6. The van der Waals surface area contributed by atoms with E-state index in [-0.39, 0.29) is 17.5 Å². The Balaban J connectivity index is 1.92. The van der Waals surface area contributed by atoms with E-state index in [1.54, 1.807) is 6.07 Å². The smallest absolute Gasteiger partial charge is 0.151 e. The van der Waals surface area contributed by atoms with Crippen LogP contribution in [0.2, 0.25) is 10.0 Å². The van der Waals surface area contributed by atoms with Crippen molar-refractivity contribution in [1.29, 1.82) is 0 Å². The lowest BCUT2D eigenvalue weighted by atomic mass is 10.0. The minimum atomic E-state index is -2.87. The third-order valence-electron chi connectivity index (χ3n) is 3.79. The Hall–Kier alpha value is -0.330. The number of sulfone groups is 1. The van der Waals surface area contributed by atoms with Crippen LogP contribution in [0, 0.1) is 0 Å². The first-order chi connectivity index (χ1) is 9.89. The van der Waals surface area contributed by atoms with E-state index < -0.39 is 9.84 Å². The number of rotatable bonds is 4. The van der Waals surface area contributed by atoms with Gasteiger partial charge in [0.05, 0.1) is 21.6 Å². The second-order valence-corrected chi connectivity index (χ2v) is 8.47. The zero-order chi connectivity index (χ0) is 15.5. The summed E-state index contributed by atoms with van der Waals surface area (Å²) in [5.41, 5.74) is 7.03. The molecule has 2 N–H and O–H groups in total. The molecule has 1 fully saturated rings. The molecule has 1 aromatic carbocycles. The number of halogens is 2. The van der Waals surface area contributed by atoms with E-state index in [4.69, 9.17) is 28.9 Å². The highest BCUT2D eigenvalue weighted by molar-refractivity contribution is 7.91. The highest BCUT2D eigenvalue weighted by atomic mass is 35.5. The Morgan fingerprint density at radius 1 is 1.24 bits per heavy atom. The van der Waals surface area contributed by atoms with E-state index >= 15 is 0 Å². The molecular formula is C14H20Cl2N2O2S. The van der Waals surface area contributed by atoms with Crippen LogP contribution in [-0.4, -0.2) is 44.5 Å². The van der Waals surface area contributed by atoms with Crippen LogP contribution in [0.25, 0.3) is 0 Å². The molecule has 0 saturated carbocycles. The van der Waals surface area contributed by atoms with Crippen LogP contribution in [0.1, 0.15) is 24.4 Å². The van der Waals surface area contributed by atoms with Gasteiger partial charge in [0.15, 0.2) is 9.84 Å². The second kappa shape index (κ2) is 7.29. The zero-order valence-electron chi connectivity index (χ0n) is 11.8. The molecule has 0 amide bonds. The van der Waals surface area contributed by atoms with Gasteiger partial charge in [-0.25, -0.2) is 8.42 Å². The molecule has 2 rings (SSSR count). The zero-order valence-corrected chi connectivity index (χ0v) is 14.1. The third kappa shape index (κ3) is 4.83. The summed E-state index contributed by atoms with van der Waals surface area (Å²) in [5, 5.41) is 1.01. The van der Waals surface area contributed by atoms with Crippen molar-refractivity contribution in [3.05, 3.63) is 33.8 Å². The summed E-state index contributed by atoms with van der Waals surface area (Å²) >= 11 is 12.2. The number of benzene rings is 1. The summed E-state index contributed by atoms with van der Waals surface area (Å²) in [6.45, 7) is 2.15. The summed E-state index contributed by atoms with van der Waals surface area (Å²) in [7, 11) is -2.87. The average Bonchev–Trinajstić information content (AvgIpc) is 2.60. The Morgan fingerprint density at radius 3 is 2.76 bits per heavy atom. The number of hydrogen-bond donors (Lipinski definition) is 1. The summed E-state index contributed by atoms with van der Waals surface area (Å²) < 4.78 is 23.1. The molecule has 0 bridgehead atoms. The van der Waals surface area contributed by atoms with E-state index in [2.05, 4.69) is 4.90 Å². The Labute approximate surface area is 136 Å². The molecular weight excluding hydrogens is 331 g/mol. The Kier molecular flexibility index (Phi) is 5.91. The molecule has 1 atom stereocenters. The fourth-order valence-corrected chi connectivity index (χ4v) is 4.26. The monoisotopic (exact) mass is 350 g/mol. The van der Waals surface area contributed by atoms with E-state index in [1.165, 1.54) is 0 Å². The van der Waals surface area contributed by atoms with Crippen LogP contribution in [-0.2, 0) is 9.84 Å². The van der Waals surface area contributed by atoms with Gasteiger partial charge in [0.25, 0.3) is 0 Å². The summed E-state index contributed by atoms with van der Waals surface area (Å²) in [5.74, 6) is 0.524. The first-order valence-corrected chi connectivity index (χ1v) is 9.59. The van der Waals surface area contributed by atoms with Crippen LogP contribution in [0.15, 0.2) is 18.2 Å². The average molecular weight is 351 g/mol. The van der Waals surface area contributed by atoms with Crippen molar-refractivity contribution in [3.8, 4) is 0 Å². The van der Waals surface area contributed by atoms with Gasteiger partial charge in [-0.2, -0.15) is 0 Å². The van der Waals surface area contributed by atoms with E-state index in [0.29, 0.717) is 23.0 Å². The SMILES string of the molecule is NC(CCN1CCCS(=O)(=O)CC1)c1cccc(Cl)c1Cl. The second-order valence-electron chi connectivity index (χ2n) is 5.39. The fraction of sp³-hybridized carbons (Fsp3) is 0.571. The van der Waals surface area contributed by atoms with Crippen molar-refractivity contribution in [2.75, 3.05) is 31.1 Å². The van der Waals surface area contributed by atoms with Crippen molar-refractivity contribution in [2.24, 2.45) is 5.73 Å². The van der Waals surface area contributed by atoms with Gasteiger partial charge in [0.1, 0.15) is 0 Å². The maximum absolute atomic E-state index is 11.6. The van der Waals surface area contributed by atoms with Gasteiger partial charge in [-0.1, -0.05) is 35.3 Å². The Morgan fingerprint density at radius 2 is 2.00 bits per heavy atom. The quantitative estimate of drug-likeness (QED) is 0.905. The molecule has 0 spiro atoms. The fourth-order valence-electron chi connectivity index (χ4n) is 2.50. The topological polar surface area (TPSA) is 63.4 Å². The highest BCUT2D eigenvalue weighted by Crippen LogP contribution is 2.30. The highest BCUT2D eigenvalue weighted by Gasteiger charge is 2.20. The molecule has 1 saturated heterocycles. The van der Waals surface area contributed by atoms with Crippen LogP contribution >= 0.6 is 23.2 Å². The molecule has 0 radical (unpaired) electrons. The molecule has 118 valence electrons. The van der Waals surface area contributed by atoms with Crippen molar-refractivity contribution in [1.82, 2.24) is 4.90 Å². The van der Waals surface area contributed by atoms with Gasteiger partial charge in [-0.3, -0.25) is 0 Å². The number of hydrogen-bond acceptors (Lipinski definition) is 4. The molecule has 1 unspecified atom stereocenters. The van der Waals surface area contributed by atoms with Crippen LogP contribution in [0.3, 0.4) is 0 Å². The lowest BCUT2D eigenvalue weighted by Gasteiger charge is -2.22. The molecule has 21 heavy (non-hydrogen) atoms. The Bertz CT molecular complexity index is 593. The van der Waals surface area contributed by atoms with Gasteiger partial charge in [0, 0.05) is 12.6 Å². The third-order valence-corrected chi connectivity index (χ3v) is 6.33. The molecule has 4 nitrogen and oxygen atoms in total. The first kappa shape index (κ1) is 17.0. The lowest BCUT2D eigenvalue weighted by molar-refractivity contribution is 0.283. The maximum Gasteiger partial charge on any atom is 0.151 e. The molecule has 7 heteroatoms. The van der Waals surface area contributed by atoms with Crippen LogP contribution in [0.4, 0.5) is 0 Å². The van der Waals surface area contributed by atoms with Gasteiger partial charge in [-0.15, -0.1) is 0 Å². The first-order valence-electron chi connectivity index (χ1n) is 7.01. The normalized spacial score (nSPS) is 20.9. The summed E-state index contributed by atoms with van der Waals surface area (Å²) in [4.78, 5) is 2.16. The summed E-state index contributed by atoms with van der Waals surface area (Å²) in [6, 6.07) is 5.25. The molecule has 1 aliphatic rings. The van der Waals surface area contributed by atoms with Crippen molar-refractivity contribution in [3.63, 3.8) is 0 Å². The molecule has 1 heterocycles. The largest absolute Gasteiger partial charge is 0.324 e. The molecule has 0 aromatic heterocycles. The molecule has 1 aliphatic heterocycles. The standard InChI is InChI=1S/C14H20Cl2N2O2S/c15-12-4-1-3-11(14(12)16)13(17)5-7-18-6-2-9-21(19,20)10-8-18/h1,3-4,13H,2,5-10,17H2. The van der Waals surface area contributed by atoms with Gasteiger partial charge >= 0.3 is 0 Å².